The van der Waals surface area contributed by atoms with E-state index in [0.717, 1.165) is 18.8 Å². The first-order valence-corrected chi connectivity index (χ1v) is 7.00. The van der Waals surface area contributed by atoms with Gasteiger partial charge >= 0.3 is 0 Å². The summed E-state index contributed by atoms with van der Waals surface area (Å²) in [7, 11) is 0. The molecule has 2 rings (SSSR count). The minimum Gasteiger partial charge on any atom is -0.379 e. The number of thioether (sulfide) groups is 1. The molecule has 0 radical (unpaired) electrons. The highest BCUT2D eigenvalue weighted by Crippen LogP contribution is 2.29. The lowest BCUT2D eigenvalue weighted by atomic mass is 10.1. The maximum atomic E-state index is 5.57. The zero-order valence-electron chi connectivity index (χ0n) is 10.2. The quantitative estimate of drug-likeness (QED) is 0.637. The van der Waals surface area contributed by atoms with Crippen LogP contribution in [-0.2, 0) is 4.74 Å². The molecule has 0 aromatic heterocycles. The van der Waals surface area contributed by atoms with Gasteiger partial charge in [0, 0.05) is 22.9 Å². The minimum atomic E-state index is 0.299. The Morgan fingerprint density at radius 1 is 1.53 bits per heavy atom. The normalized spacial score (nSPS) is 23.6. The Balaban J connectivity index is 2.05. The van der Waals surface area contributed by atoms with Crippen molar-refractivity contribution in [2.45, 2.75) is 30.4 Å². The summed E-state index contributed by atoms with van der Waals surface area (Å²) in [6, 6.07) is 8.86. The molecule has 1 aliphatic rings. The van der Waals surface area contributed by atoms with Crippen LogP contribution in [0.1, 0.15) is 13.3 Å². The van der Waals surface area contributed by atoms with E-state index in [0.29, 0.717) is 12.1 Å². The second-order valence-electron chi connectivity index (χ2n) is 4.21. The Labute approximate surface area is 107 Å². The van der Waals surface area contributed by atoms with E-state index in [2.05, 4.69) is 43.1 Å². The molecular formula is C14H19NOS. The van der Waals surface area contributed by atoms with Crippen molar-refractivity contribution < 1.29 is 4.74 Å². The number of rotatable bonds is 5. The Morgan fingerprint density at radius 3 is 3.06 bits per heavy atom. The molecule has 2 unspecified atom stereocenters. The first-order valence-electron chi connectivity index (χ1n) is 6.02. The molecule has 2 atom stereocenters. The van der Waals surface area contributed by atoms with Crippen LogP contribution in [0.25, 0.3) is 0 Å². The maximum Gasteiger partial charge on any atom is 0.0748 e. The number of ether oxygens (including phenoxy) is 1. The summed E-state index contributed by atoms with van der Waals surface area (Å²) < 4.78 is 5.57. The zero-order chi connectivity index (χ0) is 12.1. The smallest absolute Gasteiger partial charge is 0.0748 e. The lowest BCUT2D eigenvalue weighted by Crippen LogP contribution is -2.26. The Morgan fingerprint density at radius 2 is 2.35 bits per heavy atom. The molecule has 0 saturated carbocycles. The SMILES string of the molecule is C=CCSc1ccccc1NC1CCOC1C. The van der Waals surface area contributed by atoms with Crippen LogP contribution < -0.4 is 5.32 Å². The summed E-state index contributed by atoms with van der Waals surface area (Å²) in [5.41, 5.74) is 1.21. The van der Waals surface area contributed by atoms with Crippen LogP contribution in [-0.4, -0.2) is 24.5 Å². The van der Waals surface area contributed by atoms with Crippen LogP contribution >= 0.6 is 11.8 Å². The molecule has 2 nitrogen and oxygen atoms in total. The molecule has 0 bridgehead atoms. The van der Waals surface area contributed by atoms with Crippen molar-refractivity contribution in [1.82, 2.24) is 0 Å². The number of hydrogen-bond acceptors (Lipinski definition) is 3. The number of hydrogen-bond donors (Lipinski definition) is 1. The predicted molar refractivity (Wildman–Crippen MR) is 74.8 cm³/mol. The second-order valence-corrected chi connectivity index (χ2v) is 5.27. The van der Waals surface area contributed by atoms with Gasteiger partial charge in [0.1, 0.15) is 0 Å². The van der Waals surface area contributed by atoms with Crippen LogP contribution in [0.5, 0.6) is 0 Å². The molecule has 1 aliphatic heterocycles. The number of anilines is 1. The summed E-state index contributed by atoms with van der Waals surface area (Å²) in [5.74, 6) is 0.940. The number of para-hydroxylation sites is 1. The average molecular weight is 249 g/mol. The third-order valence-corrected chi connectivity index (χ3v) is 4.03. The van der Waals surface area contributed by atoms with Gasteiger partial charge < -0.3 is 10.1 Å². The molecule has 92 valence electrons. The predicted octanol–water partition coefficient (Wildman–Crippen LogP) is 3.55. The highest BCUT2D eigenvalue weighted by molar-refractivity contribution is 7.99. The molecule has 3 heteroatoms. The van der Waals surface area contributed by atoms with Crippen molar-refractivity contribution in [3.63, 3.8) is 0 Å². The van der Waals surface area contributed by atoms with Gasteiger partial charge in [0.05, 0.1) is 12.1 Å². The fourth-order valence-corrected chi connectivity index (χ4v) is 2.74. The molecule has 1 aromatic carbocycles. The molecule has 17 heavy (non-hydrogen) atoms. The second kappa shape index (κ2) is 6.12. The number of benzene rings is 1. The van der Waals surface area contributed by atoms with Crippen LogP contribution in [0.15, 0.2) is 41.8 Å². The summed E-state index contributed by atoms with van der Waals surface area (Å²) in [4.78, 5) is 1.28. The van der Waals surface area contributed by atoms with E-state index in [4.69, 9.17) is 4.74 Å². The Bertz CT molecular complexity index is 380. The maximum absolute atomic E-state index is 5.57. The van der Waals surface area contributed by atoms with Crippen LogP contribution in [0, 0.1) is 0 Å². The van der Waals surface area contributed by atoms with E-state index in [1.165, 1.54) is 10.6 Å². The van der Waals surface area contributed by atoms with Gasteiger partial charge in [0.25, 0.3) is 0 Å². The van der Waals surface area contributed by atoms with Gasteiger partial charge in [-0.25, -0.2) is 0 Å². The molecule has 1 aromatic rings. The van der Waals surface area contributed by atoms with Gasteiger partial charge in [0.2, 0.25) is 0 Å². The van der Waals surface area contributed by atoms with Crippen molar-refractivity contribution >= 4 is 17.4 Å². The van der Waals surface area contributed by atoms with Gasteiger partial charge in [-0.3, -0.25) is 0 Å². The third kappa shape index (κ3) is 3.27. The Kier molecular flexibility index (Phi) is 4.51. The Hall–Kier alpha value is -0.930. The summed E-state index contributed by atoms with van der Waals surface area (Å²) in [6.45, 7) is 6.75. The molecule has 0 aliphatic carbocycles. The monoisotopic (exact) mass is 249 g/mol. The molecule has 0 amide bonds. The molecule has 0 spiro atoms. The van der Waals surface area contributed by atoms with E-state index in [-0.39, 0.29) is 0 Å². The first kappa shape index (κ1) is 12.5. The van der Waals surface area contributed by atoms with Gasteiger partial charge in [0.15, 0.2) is 0 Å². The van der Waals surface area contributed by atoms with Crippen molar-refractivity contribution in [3.8, 4) is 0 Å². The van der Waals surface area contributed by atoms with Crippen LogP contribution in [0.2, 0.25) is 0 Å². The minimum absolute atomic E-state index is 0.299. The molecule has 1 N–H and O–H groups in total. The van der Waals surface area contributed by atoms with E-state index in [1.54, 1.807) is 0 Å². The highest BCUT2D eigenvalue weighted by atomic mass is 32.2. The van der Waals surface area contributed by atoms with Gasteiger partial charge in [-0.05, 0) is 25.5 Å². The summed E-state index contributed by atoms with van der Waals surface area (Å²) in [5, 5.41) is 3.59. The van der Waals surface area contributed by atoms with Gasteiger partial charge in [-0.15, -0.1) is 18.3 Å². The standard InChI is InChI=1S/C14H19NOS/c1-3-10-17-14-7-5-4-6-13(14)15-12-8-9-16-11(12)2/h3-7,11-12,15H,1,8-10H2,2H3. The van der Waals surface area contributed by atoms with Gasteiger partial charge in [-0.2, -0.15) is 0 Å². The van der Waals surface area contributed by atoms with E-state index >= 15 is 0 Å². The number of nitrogens with one attached hydrogen (secondary N) is 1. The van der Waals surface area contributed by atoms with Crippen LogP contribution in [0.3, 0.4) is 0 Å². The third-order valence-electron chi connectivity index (χ3n) is 2.96. The topological polar surface area (TPSA) is 21.3 Å². The van der Waals surface area contributed by atoms with Crippen molar-refractivity contribution in [2.75, 3.05) is 17.7 Å². The lowest BCUT2D eigenvalue weighted by Gasteiger charge is -2.19. The fraction of sp³-hybridized carbons (Fsp3) is 0.429. The van der Waals surface area contributed by atoms with Crippen molar-refractivity contribution in [3.05, 3.63) is 36.9 Å². The molecule has 1 saturated heterocycles. The van der Waals surface area contributed by atoms with Gasteiger partial charge in [-0.1, -0.05) is 18.2 Å². The van der Waals surface area contributed by atoms with Crippen molar-refractivity contribution in [1.29, 1.82) is 0 Å². The average Bonchev–Trinajstić information content (AvgIpc) is 2.74. The van der Waals surface area contributed by atoms with E-state index in [1.807, 2.05) is 17.8 Å². The molecule has 1 fully saturated rings. The largest absolute Gasteiger partial charge is 0.379 e. The van der Waals surface area contributed by atoms with Crippen molar-refractivity contribution in [2.24, 2.45) is 0 Å². The van der Waals surface area contributed by atoms with Crippen LogP contribution in [0.4, 0.5) is 5.69 Å². The van der Waals surface area contributed by atoms with E-state index in [9.17, 15) is 0 Å². The summed E-state index contributed by atoms with van der Waals surface area (Å²) in [6.07, 6.45) is 3.32. The fourth-order valence-electron chi connectivity index (χ4n) is 1.98. The van der Waals surface area contributed by atoms with E-state index < -0.39 is 0 Å². The first-order chi connectivity index (χ1) is 8.31. The summed E-state index contributed by atoms with van der Waals surface area (Å²) >= 11 is 1.81. The molecular weight excluding hydrogens is 230 g/mol. The lowest BCUT2D eigenvalue weighted by molar-refractivity contribution is 0.121. The highest BCUT2D eigenvalue weighted by Gasteiger charge is 2.24. The molecule has 1 heterocycles. The zero-order valence-corrected chi connectivity index (χ0v) is 11.0.